The van der Waals surface area contributed by atoms with Crippen LogP contribution < -0.4 is 14.2 Å². The van der Waals surface area contributed by atoms with Crippen LogP contribution in [-0.4, -0.2) is 50.0 Å². The number of phenolic OH excluding ortho intramolecular Hbond substituents is 2. The Labute approximate surface area is 147 Å². The molecule has 0 saturated heterocycles. The van der Waals surface area contributed by atoms with E-state index in [0.717, 1.165) is 29.7 Å². The first kappa shape index (κ1) is 17.2. The molecule has 1 unspecified atom stereocenters. The lowest BCUT2D eigenvalue weighted by Crippen LogP contribution is -2.32. The molecule has 0 aliphatic carbocycles. The molecule has 0 radical (unpaired) electrons. The molecule has 0 aromatic heterocycles. The average molecular weight is 345 g/mol. The van der Waals surface area contributed by atoms with Gasteiger partial charge >= 0.3 is 0 Å². The Kier molecular flexibility index (Phi) is 4.63. The third-order valence-corrected chi connectivity index (χ3v) is 4.71. The van der Waals surface area contributed by atoms with Gasteiger partial charge in [-0.15, -0.1) is 0 Å². The third-order valence-electron chi connectivity index (χ3n) is 4.71. The van der Waals surface area contributed by atoms with Crippen LogP contribution in [0.2, 0.25) is 0 Å². The minimum absolute atomic E-state index is 0.0908. The summed E-state index contributed by atoms with van der Waals surface area (Å²) in [7, 11) is 6.77. The largest absolute Gasteiger partial charge is 0.504 e. The number of phenols is 2. The number of hydrogen-bond donors (Lipinski definition) is 2. The Bertz CT molecular complexity index is 765. The maximum Gasteiger partial charge on any atom is 0.203 e. The summed E-state index contributed by atoms with van der Waals surface area (Å²) in [4.78, 5) is 2.19. The SMILES string of the molecule is COc1cc(C2c3cc(O)c(O)cc3CCN2C)cc(OC)c1OC. The summed E-state index contributed by atoms with van der Waals surface area (Å²) >= 11 is 0. The zero-order valence-corrected chi connectivity index (χ0v) is 14.9. The van der Waals surface area contributed by atoms with Gasteiger partial charge in [0, 0.05) is 6.54 Å². The topological polar surface area (TPSA) is 71.4 Å². The molecule has 2 aromatic carbocycles. The van der Waals surface area contributed by atoms with E-state index in [1.54, 1.807) is 33.5 Å². The van der Waals surface area contributed by atoms with Gasteiger partial charge in [-0.05, 0) is 54.4 Å². The molecule has 1 aliphatic rings. The first-order valence-electron chi connectivity index (χ1n) is 8.05. The van der Waals surface area contributed by atoms with Crippen LogP contribution in [0, 0.1) is 0 Å². The first-order chi connectivity index (χ1) is 12.0. The predicted octanol–water partition coefficient (Wildman–Crippen LogP) is 2.70. The monoisotopic (exact) mass is 345 g/mol. The van der Waals surface area contributed by atoms with Crippen molar-refractivity contribution in [3.8, 4) is 28.7 Å². The minimum Gasteiger partial charge on any atom is -0.504 e. The molecule has 0 spiro atoms. The predicted molar refractivity (Wildman–Crippen MR) is 94.0 cm³/mol. The Morgan fingerprint density at radius 2 is 1.52 bits per heavy atom. The van der Waals surface area contributed by atoms with Crippen LogP contribution in [0.15, 0.2) is 24.3 Å². The molecule has 0 bridgehead atoms. The maximum atomic E-state index is 9.97. The molecule has 6 nitrogen and oxygen atoms in total. The van der Waals surface area contributed by atoms with Crippen molar-refractivity contribution in [1.29, 1.82) is 0 Å². The molecular weight excluding hydrogens is 322 g/mol. The third kappa shape index (κ3) is 2.93. The molecule has 3 rings (SSSR count). The fourth-order valence-corrected chi connectivity index (χ4v) is 3.46. The van der Waals surface area contributed by atoms with Crippen molar-refractivity contribution in [3.63, 3.8) is 0 Å². The lowest BCUT2D eigenvalue weighted by molar-refractivity contribution is 0.260. The van der Waals surface area contributed by atoms with Crippen LogP contribution >= 0.6 is 0 Å². The van der Waals surface area contributed by atoms with Gasteiger partial charge in [0.2, 0.25) is 5.75 Å². The molecule has 2 aromatic rings. The van der Waals surface area contributed by atoms with E-state index >= 15 is 0 Å². The van der Waals surface area contributed by atoms with E-state index in [1.165, 1.54) is 0 Å². The van der Waals surface area contributed by atoms with E-state index < -0.39 is 0 Å². The highest BCUT2D eigenvalue weighted by Gasteiger charge is 2.29. The number of ether oxygens (including phenoxy) is 3. The molecule has 0 saturated carbocycles. The molecule has 25 heavy (non-hydrogen) atoms. The summed E-state index contributed by atoms with van der Waals surface area (Å²) in [6.07, 6.45) is 0.806. The number of fused-ring (bicyclic) bond motifs is 1. The summed E-state index contributed by atoms with van der Waals surface area (Å²) in [5, 5.41) is 19.8. The molecule has 0 amide bonds. The summed E-state index contributed by atoms with van der Waals surface area (Å²) < 4.78 is 16.3. The highest BCUT2D eigenvalue weighted by molar-refractivity contribution is 5.57. The highest BCUT2D eigenvalue weighted by Crippen LogP contribution is 2.45. The Morgan fingerprint density at radius 1 is 0.920 bits per heavy atom. The first-order valence-corrected chi connectivity index (χ1v) is 8.05. The fraction of sp³-hybridized carbons (Fsp3) is 0.368. The van der Waals surface area contributed by atoms with Gasteiger partial charge < -0.3 is 24.4 Å². The van der Waals surface area contributed by atoms with Gasteiger partial charge in [0.15, 0.2) is 23.0 Å². The van der Waals surface area contributed by atoms with Gasteiger partial charge in [-0.3, -0.25) is 4.90 Å². The smallest absolute Gasteiger partial charge is 0.203 e. The number of benzene rings is 2. The number of aromatic hydroxyl groups is 2. The zero-order chi connectivity index (χ0) is 18.1. The van der Waals surface area contributed by atoms with Crippen LogP contribution in [0.3, 0.4) is 0 Å². The van der Waals surface area contributed by atoms with Crippen molar-refractivity contribution in [2.75, 3.05) is 34.9 Å². The standard InChI is InChI=1S/C19H23NO5/c1-20-6-5-11-7-14(21)15(22)10-13(11)18(20)12-8-16(23-2)19(25-4)17(9-12)24-3/h7-10,18,21-22H,5-6H2,1-4H3. The van der Waals surface area contributed by atoms with Crippen molar-refractivity contribution in [3.05, 3.63) is 41.0 Å². The number of methoxy groups -OCH3 is 3. The number of nitrogens with zero attached hydrogens (tertiary/aromatic N) is 1. The maximum absolute atomic E-state index is 9.97. The van der Waals surface area contributed by atoms with Crippen LogP contribution in [0.1, 0.15) is 22.7 Å². The van der Waals surface area contributed by atoms with Crippen LogP contribution in [0.25, 0.3) is 0 Å². The second kappa shape index (κ2) is 6.72. The normalized spacial score (nSPS) is 17.0. The van der Waals surface area contributed by atoms with Gasteiger partial charge in [0.1, 0.15) is 0 Å². The molecule has 1 heterocycles. The molecule has 1 aliphatic heterocycles. The van der Waals surface area contributed by atoms with E-state index in [-0.39, 0.29) is 17.5 Å². The lowest BCUT2D eigenvalue weighted by atomic mass is 9.88. The van der Waals surface area contributed by atoms with E-state index in [9.17, 15) is 10.2 Å². The molecule has 2 N–H and O–H groups in total. The van der Waals surface area contributed by atoms with Gasteiger partial charge in [0.05, 0.1) is 27.4 Å². The summed E-state index contributed by atoms with van der Waals surface area (Å²) in [5.74, 6) is 1.50. The van der Waals surface area contributed by atoms with Crippen LogP contribution in [0.5, 0.6) is 28.7 Å². The Morgan fingerprint density at radius 3 is 2.08 bits per heavy atom. The molecule has 6 heteroatoms. The highest BCUT2D eigenvalue weighted by atomic mass is 16.5. The number of hydrogen-bond acceptors (Lipinski definition) is 6. The second-order valence-corrected chi connectivity index (χ2v) is 6.13. The number of likely N-dealkylation sites (N-methyl/N-ethyl adjacent to an activating group) is 1. The minimum atomic E-state index is -0.119. The van der Waals surface area contributed by atoms with E-state index in [2.05, 4.69) is 4.90 Å². The summed E-state index contributed by atoms with van der Waals surface area (Å²) in [6, 6.07) is 7.02. The quantitative estimate of drug-likeness (QED) is 0.830. The van der Waals surface area contributed by atoms with Gasteiger partial charge in [-0.25, -0.2) is 0 Å². The van der Waals surface area contributed by atoms with Gasteiger partial charge in [-0.2, -0.15) is 0 Å². The van der Waals surface area contributed by atoms with Crippen LogP contribution in [0.4, 0.5) is 0 Å². The molecule has 0 fully saturated rings. The Hall–Kier alpha value is -2.60. The lowest BCUT2D eigenvalue weighted by Gasteiger charge is -2.35. The van der Waals surface area contributed by atoms with Crippen molar-refractivity contribution < 1.29 is 24.4 Å². The van der Waals surface area contributed by atoms with Crippen molar-refractivity contribution >= 4 is 0 Å². The fourth-order valence-electron chi connectivity index (χ4n) is 3.46. The van der Waals surface area contributed by atoms with Gasteiger partial charge in [0.25, 0.3) is 0 Å². The summed E-state index contributed by atoms with van der Waals surface area (Å²) in [5.41, 5.74) is 2.94. The van der Waals surface area contributed by atoms with Crippen molar-refractivity contribution in [1.82, 2.24) is 4.90 Å². The number of rotatable bonds is 4. The Balaban J connectivity index is 2.18. The zero-order valence-electron chi connectivity index (χ0n) is 14.9. The van der Waals surface area contributed by atoms with Crippen molar-refractivity contribution in [2.45, 2.75) is 12.5 Å². The van der Waals surface area contributed by atoms with E-state index in [4.69, 9.17) is 14.2 Å². The van der Waals surface area contributed by atoms with E-state index in [0.29, 0.717) is 17.2 Å². The van der Waals surface area contributed by atoms with Crippen molar-refractivity contribution in [2.24, 2.45) is 0 Å². The molecule has 134 valence electrons. The average Bonchev–Trinajstić information content (AvgIpc) is 2.61. The summed E-state index contributed by atoms with van der Waals surface area (Å²) in [6.45, 7) is 0.832. The van der Waals surface area contributed by atoms with E-state index in [1.807, 2.05) is 19.2 Å². The second-order valence-electron chi connectivity index (χ2n) is 6.13. The van der Waals surface area contributed by atoms with Crippen LogP contribution in [-0.2, 0) is 6.42 Å². The van der Waals surface area contributed by atoms with Gasteiger partial charge in [-0.1, -0.05) is 0 Å². The molecule has 1 atom stereocenters. The molecular formula is C19H23NO5.